The molecule has 0 amide bonds. The van der Waals surface area contributed by atoms with Gasteiger partial charge < -0.3 is 15.1 Å². The standard InChI is InChI=1S/C14H26N4O/c1-5-18(6-2)12(3)10-16-14(15-4)17-11-13-8-7-9-19-13/h7-9,12H,5-6,10-11H2,1-4H3,(H2,15,16,17). The first-order valence-electron chi connectivity index (χ1n) is 6.92. The molecule has 0 aliphatic rings. The fraction of sp³-hybridized carbons (Fsp3) is 0.643. The maximum atomic E-state index is 5.27. The second-order valence-corrected chi connectivity index (χ2v) is 4.46. The molecule has 0 saturated carbocycles. The zero-order valence-electron chi connectivity index (χ0n) is 12.4. The first-order valence-corrected chi connectivity index (χ1v) is 6.92. The van der Waals surface area contributed by atoms with Gasteiger partial charge in [0.25, 0.3) is 0 Å². The monoisotopic (exact) mass is 266 g/mol. The Morgan fingerprint density at radius 2 is 2.11 bits per heavy atom. The van der Waals surface area contributed by atoms with Gasteiger partial charge >= 0.3 is 0 Å². The molecule has 1 atom stereocenters. The van der Waals surface area contributed by atoms with Crippen molar-refractivity contribution in [1.29, 1.82) is 0 Å². The maximum absolute atomic E-state index is 5.27. The average Bonchev–Trinajstić information content (AvgIpc) is 2.93. The molecule has 0 radical (unpaired) electrons. The van der Waals surface area contributed by atoms with Crippen molar-refractivity contribution in [2.75, 3.05) is 26.7 Å². The van der Waals surface area contributed by atoms with Gasteiger partial charge in [-0.1, -0.05) is 13.8 Å². The van der Waals surface area contributed by atoms with Crippen molar-refractivity contribution in [3.8, 4) is 0 Å². The van der Waals surface area contributed by atoms with Crippen LogP contribution in [0.5, 0.6) is 0 Å². The van der Waals surface area contributed by atoms with Crippen LogP contribution in [0.1, 0.15) is 26.5 Å². The van der Waals surface area contributed by atoms with Gasteiger partial charge in [-0.05, 0) is 32.1 Å². The lowest BCUT2D eigenvalue weighted by atomic mass is 10.3. The number of hydrogen-bond donors (Lipinski definition) is 2. The molecule has 0 bridgehead atoms. The number of nitrogens with one attached hydrogen (secondary N) is 2. The van der Waals surface area contributed by atoms with Gasteiger partial charge in [-0.3, -0.25) is 9.89 Å². The fourth-order valence-electron chi connectivity index (χ4n) is 2.03. The van der Waals surface area contributed by atoms with Crippen molar-refractivity contribution in [1.82, 2.24) is 15.5 Å². The summed E-state index contributed by atoms with van der Waals surface area (Å²) in [6.07, 6.45) is 1.68. The van der Waals surface area contributed by atoms with Crippen molar-refractivity contribution in [2.24, 2.45) is 4.99 Å². The predicted octanol–water partition coefficient (Wildman–Crippen LogP) is 1.67. The molecule has 0 spiro atoms. The van der Waals surface area contributed by atoms with Crippen LogP contribution < -0.4 is 10.6 Å². The number of furan rings is 1. The third-order valence-electron chi connectivity index (χ3n) is 3.23. The molecule has 0 saturated heterocycles. The van der Waals surface area contributed by atoms with Crippen molar-refractivity contribution in [2.45, 2.75) is 33.4 Å². The molecular weight excluding hydrogens is 240 g/mol. The minimum Gasteiger partial charge on any atom is -0.467 e. The van der Waals surface area contributed by atoms with E-state index in [0.29, 0.717) is 12.6 Å². The van der Waals surface area contributed by atoms with E-state index >= 15 is 0 Å². The number of likely N-dealkylation sites (N-methyl/N-ethyl adjacent to an activating group) is 1. The van der Waals surface area contributed by atoms with Crippen molar-refractivity contribution in [3.63, 3.8) is 0 Å². The van der Waals surface area contributed by atoms with Crippen LogP contribution in [0.25, 0.3) is 0 Å². The Hall–Kier alpha value is -1.49. The molecule has 0 aliphatic heterocycles. The van der Waals surface area contributed by atoms with Crippen LogP contribution in [0.3, 0.4) is 0 Å². The van der Waals surface area contributed by atoms with E-state index in [0.717, 1.165) is 31.4 Å². The first kappa shape index (κ1) is 15.6. The third kappa shape index (κ3) is 5.34. The SMILES string of the molecule is CCN(CC)C(C)CNC(=NC)NCc1ccco1. The Kier molecular flexibility index (Phi) is 7.03. The van der Waals surface area contributed by atoms with E-state index in [1.54, 1.807) is 13.3 Å². The largest absolute Gasteiger partial charge is 0.467 e. The number of nitrogens with zero attached hydrogens (tertiary/aromatic N) is 2. The van der Waals surface area contributed by atoms with E-state index in [9.17, 15) is 0 Å². The summed E-state index contributed by atoms with van der Waals surface area (Å²) in [6.45, 7) is 10.2. The Labute approximate surface area is 116 Å². The molecule has 1 heterocycles. The van der Waals surface area contributed by atoms with Gasteiger partial charge in [0.1, 0.15) is 5.76 Å². The number of rotatable bonds is 7. The van der Waals surface area contributed by atoms with E-state index in [2.05, 4.69) is 41.3 Å². The van der Waals surface area contributed by atoms with E-state index in [1.165, 1.54) is 0 Å². The highest BCUT2D eigenvalue weighted by molar-refractivity contribution is 5.79. The van der Waals surface area contributed by atoms with Crippen molar-refractivity contribution < 1.29 is 4.42 Å². The summed E-state index contributed by atoms with van der Waals surface area (Å²) < 4.78 is 5.27. The molecule has 5 nitrogen and oxygen atoms in total. The van der Waals surface area contributed by atoms with Crippen LogP contribution in [0, 0.1) is 0 Å². The Morgan fingerprint density at radius 1 is 1.37 bits per heavy atom. The summed E-state index contributed by atoms with van der Waals surface area (Å²) in [6, 6.07) is 4.31. The maximum Gasteiger partial charge on any atom is 0.191 e. The lowest BCUT2D eigenvalue weighted by Crippen LogP contribution is -2.45. The van der Waals surface area contributed by atoms with Crippen molar-refractivity contribution in [3.05, 3.63) is 24.2 Å². The fourth-order valence-corrected chi connectivity index (χ4v) is 2.03. The lowest BCUT2D eigenvalue weighted by molar-refractivity contribution is 0.231. The smallest absolute Gasteiger partial charge is 0.191 e. The molecule has 19 heavy (non-hydrogen) atoms. The summed E-state index contributed by atoms with van der Waals surface area (Å²) in [5.41, 5.74) is 0. The van der Waals surface area contributed by atoms with E-state index < -0.39 is 0 Å². The van der Waals surface area contributed by atoms with Crippen molar-refractivity contribution >= 4 is 5.96 Å². The molecule has 1 rings (SSSR count). The van der Waals surface area contributed by atoms with Crippen LogP contribution in [-0.2, 0) is 6.54 Å². The van der Waals surface area contributed by atoms with Gasteiger partial charge in [0.2, 0.25) is 0 Å². The molecule has 0 aromatic carbocycles. The third-order valence-corrected chi connectivity index (χ3v) is 3.23. The highest BCUT2D eigenvalue weighted by Gasteiger charge is 2.10. The van der Waals surface area contributed by atoms with Gasteiger partial charge in [0, 0.05) is 19.6 Å². The summed E-state index contributed by atoms with van der Waals surface area (Å²) in [5.74, 6) is 1.70. The number of aliphatic imine (C=N–C) groups is 1. The molecule has 1 aromatic heterocycles. The highest BCUT2D eigenvalue weighted by atomic mass is 16.3. The van der Waals surface area contributed by atoms with Gasteiger partial charge in [-0.25, -0.2) is 0 Å². The number of hydrogen-bond acceptors (Lipinski definition) is 3. The average molecular weight is 266 g/mol. The van der Waals surface area contributed by atoms with E-state index in [4.69, 9.17) is 4.42 Å². The molecule has 0 fully saturated rings. The van der Waals surface area contributed by atoms with E-state index in [-0.39, 0.29) is 0 Å². The zero-order valence-corrected chi connectivity index (χ0v) is 12.4. The van der Waals surface area contributed by atoms with Gasteiger partial charge in [0.15, 0.2) is 5.96 Å². The quantitative estimate of drug-likeness (QED) is 0.582. The summed E-state index contributed by atoms with van der Waals surface area (Å²) in [7, 11) is 1.78. The van der Waals surface area contributed by atoms with Gasteiger partial charge in [-0.15, -0.1) is 0 Å². The Morgan fingerprint density at radius 3 is 2.63 bits per heavy atom. The minimum atomic E-state index is 0.483. The molecular formula is C14H26N4O. The molecule has 0 aliphatic carbocycles. The first-order chi connectivity index (χ1) is 9.21. The zero-order chi connectivity index (χ0) is 14.1. The molecule has 1 unspecified atom stereocenters. The summed E-state index contributed by atoms with van der Waals surface area (Å²) in [5, 5.41) is 6.57. The van der Waals surface area contributed by atoms with Crippen LogP contribution in [-0.4, -0.2) is 43.6 Å². The second-order valence-electron chi connectivity index (χ2n) is 4.46. The number of guanidine groups is 1. The molecule has 1 aromatic rings. The lowest BCUT2D eigenvalue weighted by Gasteiger charge is -2.27. The minimum absolute atomic E-state index is 0.483. The van der Waals surface area contributed by atoms with Gasteiger partial charge in [-0.2, -0.15) is 0 Å². The molecule has 5 heteroatoms. The second kappa shape index (κ2) is 8.58. The highest BCUT2D eigenvalue weighted by Crippen LogP contribution is 1.99. The molecule has 108 valence electrons. The molecule has 2 N–H and O–H groups in total. The van der Waals surface area contributed by atoms with Crippen LogP contribution in [0.2, 0.25) is 0 Å². The Balaban J connectivity index is 2.32. The topological polar surface area (TPSA) is 52.8 Å². The van der Waals surface area contributed by atoms with E-state index in [1.807, 2.05) is 12.1 Å². The summed E-state index contributed by atoms with van der Waals surface area (Å²) in [4.78, 5) is 6.61. The van der Waals surface area contributed by atoms with Crippen LogP contribution in [0.15, 0.2) is 27.8 Å². The Bertz CT molecular complexity index is 358. The normalized spacial score (nSPS) is 13.6. The van der Waals surface area contributed by atoms with Crippen LogP contribution in [0.4, 0.5) is 0 Å². The van der Waals surface area contributed by atoms with Gasteiger partial charge in [0.05, 0.1) is 12.8 Å². The summed E-state index contributed by atoms with van der Waals surface area (Å²) >= 11 is 0. The van der Waals surface area contributed by atoms with Crippen LogP contribution >= 0.6 is 0 Å². The predicted molar refractivity (Wildman–Crippen MR) is 79.3 cm³/mol.